The van der Waals surface area contributed by atoms with Crippen LogP contribution in [0.15, 0.2) is 95.9 Å². The highest BCUT2D eigenvalue weighted by atomic mass is 35.5. The van der Waals surface area contributed by atoms with Gasteiger partial charge >= 0.3 is 12.1 Å². The maximum atomic E-state index is 16.6. The normalized spacial score (nSPS) is 25.9. The average Bonchev–Trinajstić information content (AvgIpc) is 1.60. The first-order chi connectivity index (χ1) is 62.3. The lowest BCUT2D eigenvalue weighted by Crippen LogP contribution is -2.63. The molecule has 0 saturated carbocycles. The zero-order valence-corrected chi connectivity index (χ0v) is 75.5. The number of aliphatic carboxylic acids is 1. The summed E-state index contributed by atoms with van der Waals surface area (Å²) in [4.78, 5) is 133. The molecule has 0 radical (unpaired) electrons. The van der Waals surface area contributed by atoms with Crippen molar-refractivity contribution in [3.8, 4) is 68.6 Å². The third-order valence-electron chi connectivity index (χ3n) is 24.0. The van der Waals surface area contributed by atoms with Gasteiger partial charge in [0.05, 0.1) is 63.8 Å². The second-order valence-corrected chi connectivity index (χ2v) is 36.8. The lowest BCUT2D eigenvalue weighted by Gasteiger charge is -2.46. The van der Waals surface area contributed by atoms with E-state index in [9.17, 15) is 73.6 Å². The first-order valence-corrected chi connectivity index (χ1v) is 45.9. The highest BCUT2D eigenvalue weighted by Crippen LogP contribution is 2.52. The van der Waals surface area contributed by atoms with Crippen LogP contribution < -0.4 is 66.0 Å². The molecule has 37 nitrogen and oxygen atoms in total. The van der Waals surface area contributed by atoms with Gasteiger partial charge in [0.25, 0.3) is 0 Å². The second kappa shape index (κ2) is 43.3. The van der Waals surface area contributed by atoms with Crippen molar-refractivity contribution in [1.82, 2.24) is 36.6 Å². The highest BCUT2D eigenvalue weighted by Gasteiger charge is 2.56. The minimum Gasteiger partial charge on any atom is -0.507 e. The number of carboxylic acid groups (broad SMARTS) is 1. The fraction of sp³-hybridized carbons (Fsp3) is 0.505. The van der Waals surface area contributed by atoms with Crippen LogP contribution in [0.3, 0.4) is 0 Å². The Balaban J connectivity index is 0.973. The number of Topliss-reactive ketones (excluding diaryl/α,β-unsaturated/α-hetero) is 2. The van der Waals surface area contributed by atoms with Crippen molar-refractivity contribution in [2.24, 2.45) is 23.5 Å². The number of phenolic OH excluding ortho intramolecular Hbond substituents is 3. The number of amides is 6. The fourth-order valence-electron chi connectivity index (χ4n) is 17.0. The van der Waals surface area contributed by atoms with E-state index in [4.69, 9.17) is 71.6 Å². The van der Waals surface area contributed by atoms with Gasteiger partial charge in [0.2, 0.25) is 51.6 Å². The Kier molecular flexibility index (Phi) is 32.8. The van der Waals surface area contributed by atoms with Crippen LogP contribution in [0.1, 0.15) is 202 Å². The van der Waals surface area contributed by atoms with E-state index in [-0.39, 0.29) is 88.4 Å². The Morgan fingerprint density at radius 1 is 0.695 bits per heavy atom. The predicted molar refractivity (Wildman–Crippen MR) is 469 cm³/mol. The molecule has 18 N–H and O–H groups in total. The summed E-state index contributed by atoms with van der Waals surface area (Å²) < 4.78 is 86.8. The molecule has 6 aromatic carbocycles. The Morgan fingerprint density at radius 3 is 1.97 bits per heavy atom. The summed E-state index contributed by atoms with van der Waals surface area (Å²) in [6.45, 7) is 12.2. The minimum absolute atomic E-state index is 0.0422. The van der Waals surface area contributed by atoms with E-state index in [1.165, 1.54) is 30.3 Å². The number of primary amides is 1. The number of rotatable bonds is 32. The standard InChI is InChI=1S/C91H112Cl2N8O29S/c1-8-11-15-27-122-64-24-20-51(37-65(64)123-28-16-12-9-2)131(120,121)96-26-14-13-25-95-41-55-59(104)39-54-71(78(55)110)53-30-46(17-21-58(53)103)52-38-61(106)72-49-34-66(125-62-22-18-47(31-56(62)92)76(108)74(99-84(113)45(10-3)29-43(4)5)60(105)33-50(36-69(94)107)85(114)97-72)81(67(35-49)126-63-23-19-48(32-57(63)93)77(109)75(100-86(52)115)87(116)98-73(54)88(117)118)129-89-82(80(112)79(111)68(42-102)127-89)128-70-40-91(7)83(44(6)124-70)130-90(119)101-91/h17-24,30-32,34-35,37,39,43-45,50,52,68,70,72-77,79-80,82-83,89,95-96,102-104,108-112H,8-16,25-29,33,36,38,40-42H2,1-7H3,(H2,94,107)(H,97,114)(H,98,116)(H,99,113)(H,100,115)(H,101,119)(H,117,118)/t44-,45+,50-,52+,68+,70-,72+,73-,74-,75-,76+,77+,79+,80-,82+,83+,89-,91-/m0/s1. The summed E-state index contributed by atoms with van der Waals surface area (Å²) in [7, 11) is -4.10. The molecular weight excluding hydrogens is 1770 g/mol. The molecule has 0 unspecified atom stereocenters. The lowest BCUT2D eigenvalue weighted by atomic mass is 9.84. The number of nitrogens with two attached hydrogens (primary N) is 1. The molecule has 40 heteroatoms. The molecule has 8 aliphatic heterocycles. The van der Waals surface area contributed by atoms with Gasteiger partial charge in [0.15, 0.2) is 59.1 Å². The van der Waals surface area contributed by atoms with Gasteiger partial charge in [-0.2, -0.15) is 0 Å². The number of phenols is 3. The molecular formula is C91H112Cl2N8O29S. The molecule has 6 aromatic rings. The first kappa shape index (κ1) is 99.3. The number of ketones is 2. The predicted octanol–water partition coefficient (Wildman–Crippen LogP) is 8.30. The quantitative estimate of drug-likeness (QED) is 0.0176. The molecule has 0 spiro atoms. The van der Waals surface area contributed by atoms with Crippen LogP contribution in [-0.4, -0.2) is 207 Å². The van der Waals surface area contributed by atoms with E-state index >= 15 is 24.0 Å². The van der Waals surface area contributed by atoms with Gasteiger partial charge in [-0.05, 0) is 154 Å². The van der Waals surface area contributed by atoms with Crippen molar-refractivity contribution < 1.29 is 140 Å². The third-order valence-corrected chi connectivity index (χ3v) is 26.1. The van der Waals surface area contributed by atoms with E-state index in [1.807, 2.05) is 20.8 Å². The Hall–Kier alpha value is -10.7. The summed E-state index contributed by atoms with van der Waals surface area (Å²) in [5.41, 5.74) is 1.65. The van der Waals surface area contributed by atoms with E-state index in [2.05, 4.69) is 43.5 Å². The third kappa shape index (κ3) is 23.1. The number of hydrogen-bond donors (Lipinski definition) is 17. The van der Waals surface area contributed by atoms with Crippen LogP contribution >= 0.6 is 23.2 Å². The largest absolute Gasteiger partial charge is 0.507 e. The molecule has 710 valence electrons. The summed E-state index contributed by atoms with van der Waals surface area (Å²) >= 11 is 14.4. The number of benzene rings is 6. The van der Waals surface area contributed by atoms with Crippen LogP contribution in [0.2, 0.25) is 10.0 Å². The van der Waals surface area contributed by atoms with Gasteiger partial charge in [-0.15, -0.1) is 0 Å². The zero-order valence-electron chi connectivity index (χ0n) is 73.1. The molecule has 8 aliphatic rings. The first-order valence-electron chi connectivity index (χ1n) is 43.7. The number of carbonyl (C=O) groups excluding carboxylic acids is 8. The average molecular weight is 1880 g/mol. The fourth-order valence-corrected chi connectivity index (χ4v) is 18.5. The van der Waals surface area contributed by atoms with E-state index in [0.29, 0.717) is 25.4 Å². The van der Waals surface area contributed by atoms with Gasteiger partial charge in [0.1, 0.15) is 77.4 Å². The summed E-state index contributed by atoms with van der Waals surface area (Å²) in [5.74, 6) is -19.0. The molecule has 18 atom stereocenters. The molecule has 3 saturated heterocycles. The highest BCUT2D eigenvalue weighted by molar-refractivity contribution is 7.89. The number of sulfonamides is 1. The van der Waals surface area contributed by atoms with E-state index in [0.717, 1.165) is 93.1 Å². The maximum absolute atomic E-state index is 16.6. The topological polar surface area (TPSA) is 563 Å². The maximum Gasteiger partial charge on any atom is 0.408 e. The Morgan fingerprint density at radius 2 is 1.34 bits per heavy atom. The van der Waals surface area contributed by atoms with Gasteiger partial charge in [-0.1, -0.05) is 102 Å². The van der Waals surface area contributed by atoms with Crippen LogP contribution in [0, 0.1) is 17.8 Å². The summed E-state index contributed by atoms with van der Waals surface area (Å²) in [6, 6.07) is 8.89. The minimum atomic E-state index is -4.10. The zero-order chi connectivity index (χ0) is 94.8. The van der Waals surface area contributed by atoms with Crippen molar-refractivity contribution in [3.63, 3.8) is 0 Å². The number of unbranched alkanes of at least 4 members (excludes halogenated alkanes) is 5. The van der Waals surface area contributed by atoms with Crippen molar-refractivity contribution in [3.05, 3.63) is 134 Å². The molecule has 14 rings (SSSR count). The Labute approximate surface area is 765 Å². The van der Waals surface area contributed by atoms with Gasteiger partial charge < -0.3 is 126 Å². The number of alkyl carbamates (subject to hydrolysis) is 1. The van der Waals surface area contributed by atoms with Gasteiger partial charge in [0, 0.05) is 67.4 Å². The van der Waals surface area contributed by atoms with Crippen molar-refractivity contribution in [2.45, 2.75) is 247 Å². The number of halogens is 2. The Bertz CT molecular complexity index is 5360. The van der Waals surface area contributed by atoms with E-state index < -0.39 is 272 Å². The smallest absolute Gasteiger partial charge is 0.408 e. The number of nitrogens with one attached hydrogen (secondary N) is 7. The molecule has 8 heterocycles. The molecule has 0 aromatic heterocycles. The van der Waals surface area contributed by atoms with Gasteiger partial charge in [-0.25, -0.2) is 22.7 Å². The number of aliphatic hydroxyl groups excluding tert-OH is 5. The van der Waals surface area contributed by atoms with E-state index in [1.54, 1.807) is 26.8 Å². The van der Waals surface area contributed by atoms with Crippen LogP contribution in [-0.2, 0) is 73.9 Å². The molecule has 6 amide bonds. The molecule has 11 bridgehead atoms. The van der Waals surface area contributed by atoms with Crippen LogP contribution in [0.5, 0.6) is 57.5 Å². The number of hydrogen-bond acceptors (Lipinski definition) is 29. The number of carbonyl (C=O) groups is 9. The monoisotopic (exact) mass is 1880 g/mol. The number of fused-ring (bicyclic) bond motifs is 16. The van der Waals surface area contributed by atoms with Crippen LogP contribution in [0.25, 0.3) is 11.1 Å². The number of carboxylic acids is 1. The number of aliphatic hydroxyl groups is 5. The number of ether oxygens (including phenoxy) is 9. The van der Waals surface area contributed by atoms with Gasteiger partial charge in [-0.3, -0.25) is 33.6 Å². The van der Waals surface area contributed by atoms with Crippen molar-refractivity contribution >= 4 is 86.4 Å². The molecule has 0 aliphatic carbocycles. The van der Waals surface area contributed by atoms with Crippen LogP contribution in [0.4, 0.5) is 4.79 Å². The SMILES string of the molecule is CCCCCOc1ccc(S(=O)(=O)NCCCCNCc2c(O)cc3c(c2O)-c2cc(ccc2O)[C@H]2CC(=O)[C@@H]4NC(=O)[C@H](CC(N)=O)CC(=O)[C@H](NC(=O)[C@H](CC)CC(C)C)[C@H](O)c5ccc(c(Cl)c5)Oc5cc4cc(c5O[C@@H]4O[C@H](CO)[C@@H](O)[C@H](O)[C@H]4O[C@H]4C[C@]5(C)NC(=O)O[C@@H]5[C@H](C)O4)Oc4ccc(cc4Cl)[C@@H](O)[C@H](NC2=O)C(=O)N[C@@H]3C(=O)O)cc1OCCCCC. The lowest BCUT2D eigenvalue weighted by molar-refractivity contribution is -0.332. The summed E-state index contributed by atoms with van der Waals surface area (Å²) in [6.07, 6.45) is -14.7. The molecule has 3 fully saturated rings. The van der Waals surface area contributed by atoms with Crippen molar-refractivity contribution in [2.75, 3.05) is 32.9 Å². The number of aromatic hydroxyl groups is 3. The molecule has 131 heavy (non-hydrogen) atoms. The second-order valence-electron chi connectivity index (χ2n) is 34.2. The van der Waals surface area contributed by atoms with Crippen molar-refractivity contribution in [1.29, 1.82) is 0 Å². The summed E-state index contributed by atoms with van der Waals surface area (Å²) in [5, 5.41) is 123.